The van der Waals surface area contributed by atoms with Crippen LogP contribution in [-0.2, 0) is 57.6 Å². The first-order chi connectivity index (χ1) is 35.4. The average Bonchev–Trinajstić information content (AvgIpc) is 4.08. The van der Waals surface area contributed by atoms with Gasteiger partial charge in [-0.05, 0) is 74.1 Å². The third kappa shape index (κ3) is 19.7. The second-order valence-corrected chi connectivity index (χ2v) is 19.5. The van der Waals surface area contributed by atoms with Crippen molar-refractivity contribution in [2.45, 2.75) is 121 Å². The molecule has 7 amide bonds. The highest BCUT2D eigenvalue weighted by atomic mass is 32.2. The quantitative estimate of drug-likeness (QED) is 0.0221. The number of benzene rings is 2. The number of likely N-dealkylation sites (N-methyl/N-ethyl adjacent to an activating group) is 1. The summed E-state index contributed by atoms with van der Waals surface area (Å²) < 4.78 is 0. The fraction of sp³-hybridized carbons (Fsp3) is 0.520. The number of rotatable bonds is 31. The van der Waals surface area contributed by atoms with Gasteiger partial charge in [0.05, 0.1) is 12.9 Å². The number of amides is 7. The number of imidazole rings is 1. The van der Waals surface area contributed by atoms with Crippen LogP contribution in [0.2, 0.25) is 0 Å². The van der Waals surface area contributed by atoms with Crippen molar-refractivity contribution in [1.29, 1.82) is 0 Å². The highest BCUT2D eigenvalue weighted by molar-refractivity contribution is 7.99. The molecule has 1 aliphatic rings. The maximum absolute atomic E-state index is 14.6. The van der Waals surface area contributed by atoms with Crippen LogP contribution < -0.4 is 48.7 Å². The minimum Gasteiger partial charge on any atom is -0.508 e. The van der Waals surface area contributed by atoms with Crippen LogP contribution in [0.3, 0.4) is 0 Å². The van der Waals surface area contributed by atoms with Crippen molar-refractivity contribution < 1.29 is 48.6 Å². The van der Waals surface area contributed by atoms with Gasteiger partial charge in [0.1, 0.15) is 48.0 Å². The molecule has 1 aromatic heterocycles. The third-order valence-electron chi connectivity index (χ3n) is 12.1. The van der Waals surface area contributed by atoms with E-state index < -0.39 is 95.5 Å². The van der Waals surface area contributed by atoms with E-state index >= 15 is 0 Å². The Balaban J connectivity index is 1.60. The zero-order valence-electron chi connectivity index (χ0n) is 42.4. The number of aromatic nitrogens is 2. The van der Waals surface area contributed by atoms with E-state index in [1.807, 2.05) is 6.92 Å². The van der Waals surface area contributed by atoms with Crippen molar-refractivity contribution in [2.75, 3.05) is 38.2 Å². The summed E-state index contributed by atoms with van der Waals surface area (Å²) >= 11 is 1.40. The van der Waals surface area contributed by atoms with E-state index in [4.69, 9.17) is 11.5 Å². The predicted octanol–water partition coefficient (Wildman–Crippen LogP) is -0.410. The number of nitrogens with one attached hydrogen (secondary N) is 8. The van der Waals surface area contributed by atoms with Crippen molar-refractivity contribution in [3.63, 3.8) is 0 Å². The lowest BCUT2D eigenvalue weighted by Crippen LogP contribution is -2.61. The van der Waals surface area contributed by atoms with Crippen LogP contribution in [0.15, 0.2) is 72.1 Å². The molecule has 7 atom stereocenters. The number of carbonyl (C=O) groups is 8. The molecule has 1 fully saturated rings. The lowest BCUT2D eigenvalue weighted by molar-refractivity contribution is -0.145. The number of unbranched alkanes of at least 4 members (excludes halogenated alkanes) is 1. The summed E-state index contributed by atoms with van der Waals surface area (Å²) in [7, 11) is 1.57. The fourth-order valence-electron chi connectivity index (χ4n) is 8.12. The van der Waals surface area contributed by atoms with Crippen molar-refractivity contribution in [1.82, 2.24) is 52.1 Å². The Hall–Kier alpha value is -7.21. The highest BCUT2D eigenvalue weighted by Crippen LogP contribution is 2.21. The second-order valence-electron chi connectivity index (χ2n) is 18.4. The Labute approximate surface area is 435 Å². The van der Waals surface area contributed by atoms with Crippen LogP contribution in [0.5, 0.6) is 5.75 Å². The molecule has 14 N–H and O–H groups in total. The van der Waals surface area contributed by atoms with E-state index in [9.17, 15) is 48.6 Å². The number of hydrogen-bond donors (Lipinski definition) is 12. The summed E-state index contributed by atoms with van der Waals surface area (Å²) in [5.41, 5.74) is 12.6. The summed E-state index contributed by atoms with van der Waals surface area (Å²) in [4.78, 5) is 123. The fourth-order valence-corrected chi connectivity index (χ4v) is 9.25. The molecule has 1 saturated heterocycles. The van der Waals surface area contributed by atoms with Gasteiger partial charge in [0.15, 0.2) is 5.96 Å². The first kappa shape index (κ1) is 59.4. The maximum atomic E-state index is 14.6. The van der Waals surface area contributed by atoms with Crippen LogP contribution in [0.4, 0.5) is 0 Å². The van der Waals surface area contributed by atoms with Crippen molar-refractivity contribution in [3.05, 3.63) is 83.9 Å². The average molecular weight is 1050 g/mol. The van der Waals surface area contributed by atoms with E-state index in [0.29, 0.717) is 35.4 Å². The number of carboxylic acids is 1. The minimum atomic E-state index is -1.35. The number of guanidine groups is 1. The lowest BCUT2D eigenvalue weighted by atomic mass is 10.00. The molecule has 0 aliphatic carbocycles. The van der Waals surface area contributed by atoms with Gasteiger partial charge < -0.3 is 68.8 Å². The number of phenols is 1. The van der Waals surface area contributed by atoms with Gasteiger partial charge in [0.2, 0.25) is 41.4 Å². The van der Waals surface area contributed by atoms with E-state index in [1.54, 1.807) is 63.4 Å². The molecule has 1 aliphatic heterocycles. The van der Waals surface area contributed by atoms with Crippen LogP contribution in [0.25, 0.3) is 0 Å². The van der Waals surface area contributed by atoms with E-state index in [-0.39, 0.29) is 69.2 Å². The first-order valence-electron chi connectivity index (χ1n) is 24.8. The summed E-state index contributed by atoms with van der Waals surface area (Å²) in [5.74, 6) is -5.90. The number of aliphatic carboxylic acids is 1. The Morgan fingerprint density at radius 3 is 2.08 bits per heavy atom. The number of carbonyl (C=O) groups excluding carboxylic acids is 7. The van der Waals surface area contributed by atoms with E-state index in [2.05, 4.69) is 52.2 Å². The Morgan fingerprint density at radius 2 is 1.45 bits per heavy atom. The number of nitrogens with zero attached hydrogens (tertiary/aromatic N) is 3. The van der Waals surface area contributed by atoms with Crippen LogP contribution in [0, 0.1) is 5.92 Å². The zero-order chi connectivity index (χ0) is 54.2. The summed E-state index contributed by atoms with van der Waals surface area (Å²) in [6, 6.07) is 6.28. The second kappa shape index (κ2) is 30.7. The lowest BCUT2D eigenvalue weighted by Gasteiger charge is -2.31. The van der Waals surface area contributed by atoms with Gasteiger partial charge in [-0.1, -0.05) is 69.7 Å². The number of aliphatic imine (C=N–C) groups is 1. The SMILES string of the molecule is CCCCSC[C@H](NC(=O)[C@H](Cc1ccc(O)cc1)NC(=O)[C@@H](NC(=O)[C@H](CCCN=C(N)N)NC(=O)CNC)C(C)C)C(=O)N[C@@H](Cc1cnc[nH]1)C(=O)N1CCC[C@H]1C(=O)N[C@@H](Cc1ccccc1)C(=O)O. The molecule has 3 aromatic rings. The van der Waals surface area contributed by atoms with Crippen LogP contribution in [-0.4, -0.2) is 159 Å². The molecular weight excluding hydrogens is 975 g/mol. The molecule has 24 heteroatoms. The van der Waals surface area contributed by atoms with Crippen molar-refractivity contribution in [3.8, 4) is 5.75 Å². The molecule has 404 valence electrons. The predicted molar refractivity (Wildman–Crippen MR) is 279 cm³/mol. The van der Waals surface area contributed by atoms with Gasteiger partial charge in [-0.3, -0.25) is 38.6 Å². The molecule has 2 aromatic carbocycles. The van der Waals surface area contributed by atoms with E-state index in [0.717, 1.165) is 12.8 Å². The minimum absolute atomic E-state index is 0.0151. The number of aromatic hydroxyl groups is 1. The number of H-pyrrole nitrogens is 1. The van der Waals surface area contributed by atoms with Gasteiger partial charge in [-0.15, -0.1) is 0 Å². The molecule has 0 radical (unpaired) electrons. The molecular formula is C50H73N13O10S. The van der Waals surface area contributed by atoms with E-state index in [1.165, 1.54) is 41.3 Å². The molecule has 0 spiro atoms. The Kier molecular flexibility index (Phi) is 24.7. The number of aromatic amines is 1. The standard InChI is InChI=1S/C50H73N13O10S/c1-5-6-22-74-28-39(45(68)59-37(25-33-26-54-29-56-33)48(71)63-21-11-15-40(63)46(69)60-38(49(72)73)24-31-12-8-7-9-13-31)61-44(67)36(23-32-16-18-34(64)19-17-32)58-47(70)42(30(2)3)62-43(66)35(57-41(65)27-53-4)14-10-20-55-50(51)52/h7-9,12-13,16-19,26,29-30,35-40,42,53,64H,5-6,10-11,14-15,20-25,27-28H2,1-4H3,(H,54,56)(H,57,65)(H,58,70)(H,59,68)(H,60,69)(H,61,67)(H,62,66)(H,72,73)(H4,51,52,55)/t35-,36-,37-,38-,39-,40-,42-/m0/s1. The maximum Gasteiger partial charge on any atom is 0.326 e. The molecule has 0 saturated carbocycles. The van der Waals surface area contributed by atoms with Gasteiger partial charge in [-0.2, -0.15) is 11.8 Å². The Bertz CT molecular complexity index is 2340. The molecule has 74 heavy (non-hydrogen) atoms. The number of carboxylic acid groups (broad SMARTS) is 1. The third-order valence-corrected chi connectivity index (χ3v) is 13.2. The topological polar surface area (TPSA) is 358 Å². The van der Waals surface area contributed by atoms with Gasteiger partial charge in [0.25, 0.3) is 0 Å². The monoisotopic (exact) mass is 1050 g/mol. The van der Waals surface area contributed by atoms with Gasteiger partial charge in [-0.25, -0.2) is 9.78 Å². The number of nitrogens with two attached hydrogens (primary N) is 2. The van der Waals surface area contributed by atoms with Gasteiger partial charge >= 0.3 is 5.97 Å². The van der Waals surface area contributed by atoms with Crippen molar-refractivity contribution >= 4 is 65.0 Å². The zero-order valence-corrected chi connectivity index (χ0v) is 43.3. The smallest absolute Gasteiger partial charge is 0.326 e. The molecule has 0 unspecified atom stereocenters. The molecule has 2 heterocycles. The summed E-state index contributed by atoms with van der Waals surface area (Å²) in [5, 5.41) is 39.2. The highest BCUT2D eigenvalue weighted by Gasteiger charge is 2.40. The number of phenolic OH excluding ortho intramolecular Hbond substituents is 1. The number of thioether (sulfide) groups is 1. The number of likely N-dealkylation sites (tertiary alicyclic amines) is 1. The first-order valence-corrected chi connectivity index (χ1v) is 26.0. The van der Waals surface area contributed by atoms with Gasteiger partial charge in [0, 0.05) is 50.0 Å². The van der Waals surface area contributed by atoms with Crippen LogP contribution >= 0.6 is 11.8 Å². The summed E-state index contributed by atoms with van der Waals surface area (Å²) in [6.45, 7) is 5.64. The van der Waals surface area contributed by atoms with Crippen molar-refractivity contribution in [2.24, 2.45) is 22.4 Å². The normalized spacial score (nSPS) is 15.6. The Morgan fingerprint density at radius 1 is 0.797 bits per heavy atom. The summed E-state index contributed by atoms with van der Waals surface area (Å²) in [6.07, 6.45) is 5.49. The molecule has 23 nitrogen and oxygen atoms in total. The molecule has 0 bridgehead atoms. The molecule has 4 rings (SSSR count). The van der Waals surface area contributed by atoms with Crippen LogP contribution in [0.1, 0.15) is 76.1 Å². The largest absolute Gasteiger partial charge is 0.508 e. The number of hydrogen-bond acceptors (Lipinski definition) is 13.